The average molecular weight is 395 g/mol. The molecule has 0 spiro atoms. The van der Waals surface area contributed by atoms with Crippen molar-refractivity contribution >= 4 is 17.5 Å². The standard InChI is InChI=1S/C24H30N2O3/c1-18-17-26(15-16-29-18)23(28)19-9-11-21(12-10-19)25-22(27)13-14-24(2,3)20-7-5-4-6-8-20/h4-12,18H,13-17H2,1-3H3,(H,25,27). The molecule has 1 heterocycles. The molecule has 1 aliphatic heterocycles. The number of amides is 2. The molecule has 1 aliphatic rings. The molecule has 2 amide bonds. The van der Waals surface area contributed by atoms with E-state index in [0.29, 0.717) is 37.4 Å². The molecule has 5 heteroatoms. The van der Waals surface area contributed by atoms with E-state index in [9.17, 15) is 9.59 Å². The molecule has 0 saturated carbocycles. The van der Waals surface area contributed by atoms with Gasteiger partial charge in [0.25, 0.3) is 5.91 Å². The van der Waals surface area contributed by atoms with Crippen molar-refractivity contribution in [1.82, 2.24) is 4.90 Å². The molecular formula is C24H30N2O3. The van der Waals surface area contributed by atoms with Gasteiger partial charge in [-0.3, -0.25) is 9.59 Å². The third-order valence-electron chi connectivity index (χ3n) is 5.48. The van der Waals surface area contributed by atoms with Crippen LogP contribution >= 0.6 is 0 Å². The van der Waals surface area contributed by atoms with Crippen molar-refractivity contribution in [3.63, 3.8) is 0 Å². The summed E-state index contributed by atoms with van der Waals surface area (Å²) in [5, 5.41) is 2.93. The number of carbonyl (C=O) groups excluding carboxylic acids is 2. The molecule has 1 fully saturated rings. The first-order chi connectivity index (χ1) is 13.8. The summed E-state index contributed by atoms with van der Waals surface area (Å²) in [7, 11) is 0. The molecule has 0 aromatic heterocycles. The van der Waals surface area contributed by atoms with Gasteiger partial charge in [-0.15, -0.1) is 0 Å². The Labute approximate surface area is 173 Å². The number of anilines is 1. The Morgan fingerprint density at radius 1 is 1.10 bits per heavy atom. The molecule has 154 valence electrons. The van der Waals surface area contributed by atoms with Crippen molar-refractivity contribution in [2.24, 2.45) is 0 Å². The van der Waals surface area contributed by atoms with Crippen LogP contribution in [0.3, 0.4) is 0 Å². The van der Waals surface area contributed by atoms with E-state index in [2.05, 4.69) is 31.3 Å². The maximum absolute atomic E-state index is 12.6. The first-order valence-electron chi connectivity index (χ1n) is 10.2. The summed E-state index contributed by atoms with van der Waals surface area (Å²) in [6.45, 7) is 8.07. The van der Waals surface area contributed by atoms with Gasteiger partial charge >= 0.3 is 0 Å². The summed E-state index contributed by atoms with van der Waals surface area (Å²) in [6.07, 6.45) is 1.26. The molecule has 29 heavy (non-hydrogen) atoms. The van der Waals surface area contributed by atoms with E-state index in [4.69, 9.17) is 4.74 Å². The summed E-state index contributed by atoms with van der Waals surface area (Å²) < 4.78 is 5.49. The predicted molar refractivity (Wildman–Crippen MR) is 115 cm³/mol. The van der Waals surface area contributed by atoms with Crippen LogP contribution in [0.1, 0.15) is 49.5 Å². The molecule has 1 atom stereocenters. The van der Waals surface area contributed by atoms with Crippen LogP contribution in [-0.2, 0) is 14.9 Å². The maximum Gasteiger partial charge on any atom is 0.254 e. The van der Waals surface area contributed by atoms with E-state index < -0.39 is 0 Å². The summed E-state index contributed by atoms with van der Waals surface area (Å²) in [5.41, 5.74) is 2.50. The third-order valence-corrected chi connectivity index (χ3v) is 5.48. The Hall–Kier alpha value is -2.66. The summed E-state index contributed by atoms with van der Waals surface area (Å²) in [6, 6.07) is 17.4. The van der Waals surface area contributed by atoms with Gasteiger partial charge in [0.05, 0.1) is 12.7 Å². The Kier molecular flexibility index (Phi) is 6.70. The van der Waals surface area contributed by atoms with Crippen molar-refractivity contribution in [2.45, 2.75) is 45.1 Å². The minimum Gasteiger partial charge on any atom is -0.375 e. The van der Waals surface area contributed by atoms with E-state index in [-0.39, 0.29) is 23.3 Å². The van der Waals surface area contributed by atoms with E-state index in [0.717, 1.165) is 6.42 Å². The monoisotopic (exact) mass is 394 g/mol. The number of benzene rings is 2. The normalized spacial score (nSPS) is 17.1. The van der Waals surface area contributed by atoms with Crippen molar-refractivity contribution in [3.8, 4) is 0 Å². The topological polar surface area (TPSA) is 58.6 Å². The number of hydrogen-bond acceptors (Lipinski definition) is 3. The zero-order valence-electron chi connectivity index (χ0n) is 17.5. The highest BCUT2D eigenvalue weighted by atomic mass is 16.5. The van der Waals surface area contributed by atoms with Crippen molar-refractivity contribution in [3.05, 3.63) is 65.7 Å². The molecule has 2 aromatic carbocycles. The lowest BCUT2D eigenvalue weighted by Gasteiger charge is -2.31. The van der Waals surface area contributed by atoms with Gasteiger partial charge in [-0.25, -0.2) is 0 Å². The van der Waals surface area contributed by atoms with Crippen LogP contribution in [0.5, 0.6) is 0 Å². The van der Waals surface area contributed by atoms with Crippen LogP contribution in [0.15, 0.2) is 54.6 Å². The number of hydrogen-bond donors (Lipinski definition) is 1. The molecule has 3 rings (SSSR count). The van der Waals surface area contributed by atoms with Crippen molar-refractivity contribution in [2.75, 3.05) is 25.0 Å². The lowest BCUT2D eigenvalue weighted by molar-refractivity contribution is -0.116. The second-order valence-electron chi connectivity index (χ2n) is 8.31. The lowest BCUT2D eigenvalue weighted by Crippen LogP contribution is -2.44. The van der Waals surface area contributed by atoms with Gasteiger partial charge in [0, 0.05) is 30.8 Å². The van der Waals surface area contributed by atoms with Gasteiger partial charge in [-0.2, -0.15) is 0 Å². The van der Waals surface area contributed by atoms with Crippen LogP contribution in [0, 0.1) is 0 Å². The molecule has 1 N–H and O–H groups in total. The van der Waals surface area contributed by atoms with E-state index in [1.54, 1.807) is 24.3 Å². The molecule has 0 bridgehead atoms. The quantitative estimate of drug-likeness (QED) is 0.797. The van der Waals surface area contributed by atoms with Gasteiger partial charge in [0.1, 0.15) is 0 Å². The molecule has 0 radical (unpaired) electrons. The number of nitrogens with zero attached hydrogens (tertiary/aromatic N) is 1. The second-order valence-corrected chi connectivity index (χ2v) is 8.31. The Balaban J connectivity index is 1.53. The van der Waals surface area contributed by atoms with Gasteiger partial charge in [0.15, 0.2) is 0 Å². The highest BCUT2D eigenvalue weighted by Gasteiger charge is 2.23. The Bertz CT molecular complexity index is 831. The molecule has 1 unspecified atom stereocenters. The highest BCUT2D eigenvalue weighted by molar-refractivity contribution is 5.96. The van der Waals surface area contributed by atoms with Crippen molar-refractivity contribution in [1.29, 1.82) is 0 Å². The number of ether oxygens (including phenoxy) is 1. The van der Waals surface area contributed by atoms with Crippen molar-refractivity contribution < 1.29 is 14.3 Å². The molecule has 0 aliphatic carbocycles. The first kappa shape index (κ1) is 21.1. The Morgan fingerprint density at radius 2 is 1.79 bits per heavy atom. The second kappa shape index (κ2) is 9.23. The van der Waals surface area contributed by atoms with E-state index in [1.165, 1.54) is 5.56 Å². The first-order valence-corrected chi connectivity index (χ1v) is 10.2. The third kappa shape index (κ3) is 5.67. The van der Waals surface area contributed by atoms with Crippen LogP contribution in [-0.4, -0.2) is 42.5 Å². The summed E-state index contributed by atoms with van der Waals surface area (Å²) >= 11 is 0. The smallest absolute Gasteiger partial charge is 0.254 e. The van der Waals surface area contributed by atoms with Gasteiger partial charge < -0.3 is 15.0 Å². The number of carbonyl (C=O) groups is 2. The maximum atomic E-state index is 12.6. The minimum atomic E-state index is -0.0653. The predicted octanol–water partition coefficient (Wildman–Crippen LogP) is 4.24. The molecule has 2 aromatic rings. The molecular weight excluding hydrogens is 364 g/mol. The summed E-state index contributed by atoms with van der Waals surface area (Å²) in [5.74, 6) is -0.0160. The minimum absolute atomic E-state index is 0.00244. The summed E-state index contributed by atoms with van der Waals surface area (Å²) in [4.78, 5) is 26.8. The SMILES string of the molecule is CC1CN(C(=O)c2ccc(NC(=O)CCC(C)(C)c3ccccc3)cc2)CCO1. The molecule has 5 nitrogen and oxygen atoms in total. The van der Waals surface area contributed by atoms with Crippen LogP contribution in [0.2, 0.25) is 0 Å². The van der Waals surface area contributed by atoms with Gasteiger partial charge in [-0.1, -0.05) is 44.2 Å². The fourth-order valence-electron chi connectivity index (χ4n) is 3.56. The van der Waals surface area contributed by atoms with Gasteiger partial charge in [0.2, 0.25) is 5.91 Å². The number of morpholine rings is 1. The van der Waals surface area contributed by atoms with E-state index in [1.807, 2.05) is 30.0 Å². The average Bonchev–Trinajstić information content (AvgIpc) is 2.73. The number of rotatable bonds is 6. The fraction of sp³-hybridized carbons (Fsp3) is 0.417. The van der Waals surface area contributed by atoms with Crippen LogP contribution in [0.4, 0.5) is 5.69 Å². The lowest BCUT2D eigenvalue weighted by atomic mass is 9.80. The molecule has 1 saturated heterocycles. The highest BCUT2D eigenvalue weighted by Crippen LogP contribution is 2.28. The fourth-order valence-corrected chi connectivity index (χ4v) is 3.56. The number of nitrogens with one attached hydrogen (secondary N) is 1. The Morgan fingerprint density at radius 3 is 2.45 bits per heavy atom. The largest absolute Gasteiger partial charge is 0.375 e. The zero-order chi connectivity index (χ0) is 20.9. The van der Waals surface area contributed by atoms with Crippen LogP contribution in [0.25, 0.3) is 0 Å². The van der Waals surface area contributed by atoms with E-state index >= 15 is 0 Å². The van der Waals surface area contributed by atoms with Crippen LogP contribution < -0.4 is 5.32 Å². The van der Waals surface area contributed by atoms with Gasteiger partial charge in [-0.05, 0) is 48.6 Å². The zero-order valence-corrected chi connectivity index (χ0v) is 17.5.